The number of rotatable bonds is 2. The van der Waals surface area contributed by atoms with E-state index in [9.17, 15) is 0 Å². The van der Waals surface area contributed by atoms with Crippen LogP contribution in [-0.2, 0) is 6.54 Å². The molecule has 0 aliphatic carbocycles. The molecule has 2 nitrogen and oxygen atoms in total. The van der Waals surface area contributed by atoms with Crippen LogP contribution in [0.5, 0.6) is 0 Å². The van der Waals surface area contributed by atoms with Crippen molar-refractivity contribution in [2.45, 2.75) is 19.5 Å². The Balaban J connectivity index is 0.00000128. The van der Waals surface area contributed by atoms with Gasteiger partial charge in [-0.1, -0.05) is 11.6 Å². The Morgan fingerprint density at radius 3 is 3.00 bits per heavy atom. The summed E-state index contributed by atoms with van der Waals surface area (Å²) in [6, 6.07) is 2.72. The number of hydrogen-bond donors (Lipinski definition) is 1. The van der Waals surface area contributed by atoms with Crippen molar-refractivity contribution < 1.29 is 0 Å². The SMILES string of the molecule is C[C@@H]1CN(Cc2cc(Br)c(Cl)s2)CCN1.Cl. The third-order valence-corrected chi connectivity index (χ3v) is 4.99. The Labute approximate surface area is 120 Å². The Morgan fingerprint density at radius 2 is 2.44 bits per heavy atom. The summed E-state index contributed by atoms with van der Waals surface area (Å²) in [4.78, 5) is 3.80. The summed E-state index contributed by atoms with van der Waals surface area (Å²) in [5, 5.41) is 3.44. The van der Waals surface area contributed by atoms with Gasteiger partial charge in [0.25, 0.3) is 0 Å². The molecule has 1 aliphatic rings. The summed E-state index contributed by atoms with van der Waals surface area (Å²) < 4.78 is 1.88. The second-order valence-corrected chi connectivity index (χ2v) is 6.52. The number of nitrogens with zero attached hydrogens (tertiary/aromatic N) is 1. The molecule has 2 rings (SSSR count). The first kappa shape index (κ1) is 14.7. The second-order valence-electron chi connectivity index (χ2n) is 3.92. The van der Waals surface area contributed by atoms with Crippen molar-refractivity contribution in [1.82, 2.24) is 10.2 Å². The van der Waals surface area contributed by atoms with Crippen LogP contribution in [0.1, 0.15) is 11.8 Å². The highest BCUT2D eigenvalue weighted by Gasteiger charge is 2.16. The minimum absolute atomic E-state index is 0. The fourth-order valence-electron chi connectivity index (χ4n) is 1.85. The van der Waals surface area contributed by atoms with Gasteiger partial charge in [-0.05, 0) is 28.9 Å². The largest absolute Gasteiger partial charge is 0.312 e. The van der Waals surface area contributed by atoms with Gasteiger partial charge >= 0.3 is 0 Å². The highest BCUT2D eigenvalue weighted by molar-refractivity contribution is 9.10. The molecule has 0 spiro atoms. The van der Waals surface area contributed by atoms with Crippen LogP contribution in [0.2, 0.25) is 4.34 Å². The van der Waals surface area contributed by atoms with Crippen molar-refractivity contribution in [3.05, 3.63) is 19.8 Å². The molecule has 6 heteroatoms. The van der Waals surface area contributed by atoms with E-state index in [-0.39, 0.29) is 12.4 Å². The van der Waals surface area contributed by atoms with E-state index in [4.69, 9.17) is 11.6 Å². The molecular formula is C10H15BrCl2N2S. The fourth-order valence-corrected chi connectivity index (χ4v) is 3.68. The molecule has 0 radical (unpaired) electrons. The Bertz CT molecular complexity index is 326. The molecule has 2 heterocycles. The Morgan fingerprint density at radius 1 is 1.69 bits per heavy atom. The molecule has 1 fully saturated rings. The lowest BCUT2D eigenvalue weighted by Gasteiger charge is -2.31. The summed E-state index contributed by atoms with van der Waals surface area (Å²) in [7, 11) is 0. The normalized spacial score (nSPS) is 21.8. The van der Waals surface area contributed by atoms with Crippen LogP contribution in [0.15, 0.2) is 10.5 Å². The molecule has 1 aromatic heterocycles. The molecule has 92 valence electrons. The first-order valence-corrected chi connectivity index (χ1v) is 7.03. The quantitative estimate of drug-likeness (QED) is 0.883. The van der Waals surface area contributed by atoms with Gasteiger partial charge in [-0.2, -0.15) is 0 Å². The number of halogens is 3. The predicted molar refractivity (Wildman–Crippen MR) is 77.0 cm³/mol. The van der Waals surface area contributed by atoms with E-state index in [0.717, 1.165) is 35.0 Å². The van der Waals surface area contributed by atoms with Gasteiger partial charge in [0.1, 0.15) is 4.34 Å². The lowest BCUT2D eigenvalue weighted by molar-refractivity contribution is 0.201. The van der Waals surface area contributed by atoms with E-state index in [1.54, 1.807) is 11.3 Å². The zero-order valence-electron chi connectivity index (χ0n) is 9.00. The third-order valence-electron chi connectivity index (χ3n) is 2.53. The standard InChI is InChI=1S/C10H14BrClN2S.ClH/c1-7-5-14(3-2-13-7)6-8-4-9(11)10(12)15-8;/h4,7,13H,2-3,5-6H2,1H3;1H/t7-;/m1./s1. The first-order chi connectivity index (χ1) is 7.15. The van der Waals surface area contributed by atoms with Crippen molar-refractivity contribution in [1.29, 1.82) is 0 Å². The lowest BCUT2D eigenvalue weighted by atomic mass is 10.2. The monoisotopic (exact) mass is 344 g/mol. The minimum Gasteiger partial charge on any atom is -0.312 e. The van der Waals surface area contributed by atoms with Gasteiger partial charge in [0, 0.05) is 41.6 Å². The van der Waals surface area contributed by atoms with E-state index in [0.29, 0.717) is 6.04 Å². The molecule has 1 aromatic rings. The zero-order chi connectivity index (χ0) is 10.8. The summed E-state index contributed by atoms with van der Waals surface area (Å²) in [6.45, 7) is 6.57. The molecule has 0 bridgehead atoms. The molecule has 1 atom stereocenters. The van der Waals surface area contributed by atoms with Crippen molar-refractivity contribution in [3.8, 4) is 0 Å². The predicted octanol–water partition coefficient (Wildman–Crippen LogP) is 3.38. The molecule has 1 saturated heterocycles. The average Bonchev–Trinajstić information content (AvgIpc) is 2.45. The second kappa shape index (κ2) is 6.57. The third kappa shape index (κ3) is 3.86. The molecular weight excluding hydrogens is 331 g/mol. The highest BCUT2D eigenvalue weighted by Crippen LogP contribution is 2.32. The summed E-state index contributed by atoms with van der Waals surface area (Å²) in [6.07, 6.45) is 0. The van der Waals surface area contributed by atoms with Gasteiger partial charge in [0.2, 0.25) is 0 Å². The summed E-state index contributed by atoms with van der Waals surface area (Å²) >= 11 is 11.1. The molecule has 1 N–H and O–H groups in total. The highest BCUT2D eigenvalue weighted by atomic mass is 79.9. The number of nitrogens with one attached hydrogen (secondary N) is 1. The molecule has 0 aromatic carbocycles. The van der Waals surface area contributed by atoms with Gasteiger partial charge in [0.15, 0.2) is 0 Å². The topological polar surface area (TPSA) is 15.3 Å². The van der Waals surface area contributed by atoms with Crippen LogP contribution in [0.3, 0.4) is 0 Å². The molecule has 0 saturated carbocycles. The van der Waals surface area contributed by atoms with Gasteiger partial charge in [-0.15, -0.1) is 23.7 Å². The maximum Gasteiger partial charge on any atom is 0.107 e. The van der Waals surface area contributed by atoms with Gasteiger partial charge in [-0.3, -0.25) is 4.90 Å². The lowest BCUT2D eigenvalue weighted by Crippen LogP contribution is -2.48. The number of thiophene rings is 1. The van der Waals surface area contributed by atoms with Crippen molar-refractivity contribution in [3.63, 3.8) is 0 Å². The van der Waals surface area contributed by atoms with Crippen molar-refractivity contribution in [2.75, 3.05) is 19.6 Å². The molecule has 0 unspecified atom stereocenters. The van der Waals surface area contributed by atoms with Gasteiger partial charge in [-0.25, -0.2) is 0 Å². The number of hydrogen-bond acceptors (Lipinski definition) is 3. The average molecular weight is 346 g/mol. The van der Waals surface area contributed by atoms with Crippen LogP contribution in [-0.4, -0.2) is 30.6 Å². The van der Waals surface area contributed by atoms with Crippen LogP contribution >= 0.6 is 51.3 Å². The van der Waals surface area contributed by atoms with Crippen LogP contribution in [0.25, 0.3) is 0 Å². The van der Waals surface area contributed by atoms with E-state index in [1.165, 1.54) is 4.88 Å². The first-order valence-electron chi connectivity index (χ1n) is 5.04. The molecule has 1 aliphatic heterocycles. The van der Waals surface area contributed by atoms with E-state index >= 15 is 0 Å². The molecule has 16 heavy (non-hydrogen) atoms. The Hall–Kier alpha value is 0.680. The smallest absolute Gasteiger partial charge is 0.107 e. The van der Waals surface area contributed by atoms with Crippen LogP contribution in [0.4, 0.5) is 0 Å². The van der Waals surface area contributed by atoms with Crippen molar-refractivity contribution >= 4 is 51.3 Å². The van der Waals surface area contributed by atoms with Crippen LogP contribution < -0.4 is 5.32 Å². The van der Waals surface area contributed by atoms with E-state index in [2.05, 4.69) is 39.1 Å². The van der Waals surface area contributed by atoms with Crippen molar-refractivity contribution in [2.24, 2.45) is 0 Å². The Kier molecular flexibility index (Phi) is 6.05. The zero-order valence-corrected chi connectivity index (χ0v) is 13.0. The van der Waals surface area contributed by atoms with E-state index in [1.807, 2.05) is 0 Å². The molecule has 0 amide bonds. The van der Waals surface area contributed by atoms with Gasteiger partial charge < -0.3 is 5.32 Å². The summed E-state index contributed by atoms with van der Waals surface area (Å²) in [5.41, 5.74) is 0. The maximum absolute atomic E-state index is 6.02. The fraction of sp³-hybridized carbons (Fsp3) is 0.600. The number of piperazine rings is 1. The van der Waals surface area contributed by atoms with Crippen LogP contribution in [0, 0.1) is 0 Å². The van der Waals surface area contributed by atoms with Gasteiger partial charge in [0.05, 0.1) is 0 Å². The summed E-state index contributed by atoms with van der Waals surface area (Å²) in [5.74, 6) is 0. The minimum atomic E-state index is 0. The maximum atomic E-state index is 6.02. The van der Waals surface area contributed by atoms with E-state index < -0.39 is 0 Å².